The quantitative estimate of drug-likeness (QED) is 0.344. The normalized spacial score (nSPS) is 23.0. The van der Waals surface area contributed by atoms with Crippen molar-refractivity contribution in [2.24, 2.45) is 10.9 Å². The molecule has 1 aliphatic carbocycles. The van der Waals surface area contributed by atoms with Crippen molar-refractivity contribution in [2.45, 2.75) is 58.4 Å². The standard InChI is InChI=1S/C16H27NO2/c1-4-13-11-15(13)17-12-14(5-2)16(18)9-7-6-8-10-19-3/h5,12-13,15H,4,6-11H2,1-3H3/b14-5+,17-12?. The number of carbonyl (C=O) groups excluding carboxylic acids is 1. The van der Waals surface area contributed by atoms with Crippen molar-refractivity contribution in [1.82, 2.24) is 0 Å². The number of allylic oxidation sites excluding steroid dienone is 2. The topological polar surface area (TPSA) is 38.7 Å². The lowest BCUT2D eigenvalue weighted by Crippen LogP contribution is -2.04. The van der Waals surface area contributed by atoms with Gasteiger partial charge in [-0.2, -0.15) is 0 Å². The fourth-order valence-corrected chi connectivity index (χ4v) is 2.19. The summed E-state index contributed by atoms with van der Waals surface area (Å²) in [5, 5.41) is 0. The number of hydrogen-bond donors (Lipinski definition) is 0. The number of ketones is 1. The van der Waals surface area contributed by atoms with Crippen LogP contribution < -0.4 is 0 Å². The van der Waals surface area contributed by atoms with Crippen LogP contribution in [0.1, 0.15) is 52.4 Å². The number of unbranched alkanes of at least 4 members (excludes halogenated alkanes) is 2. The van der Waals surface area contributed by atoms with Crippen molar-refractivity contribution in [3.63, 3.8) is 0 Å². The first-order valence-corrected chi connectivity index (χ1v) is 7.44. The Kier molecular flexibility index (Phi) is 7.65. The highest BCUT2D eigenvalue weighted by atomic mass is 16.5. The van der Waals surface area contributed by atoms with Gasteiger partial charge in [0.25, 0.3) is 0 Å². The number of hydrogen-bond acceptors (Lipinski definition) is 3. The van der Waals surface area contributed by atoms with Gasteiger partial charge in [-0.25, -0.2) is 0 Å². The minimum Gasteiger partial charge on any atom is -0.385 e. The van der Waals surface area contributed by atoms with Crippen LogP contribution in [-0.4, -0.2) is 31.8 Å². The molecule has 3 nitrogen and oxygen atoms in total. The van der Waals surface area contributed by atoms with Gasteiger partial charge in [0.2, 0.25) is 0 Å². The second-order valence-electron chi connectivity index (χ2n) is 5.22. The maximum atomic E-state index is 12.0. The van der Waals surface area contributed by atoms with Crippen molar-refractivity contribution in [2.75, 3.05) is 13.7 Å². The third-order valence-corrected chi connectivity index (χ3v) is 3.70. The third kappa shape index (κ3) is 6.15. The largest absolute Gasteiger partial charge is 0.385 e. The molecule has 2 unspecified atom stereocenters. The molecule has 3 heteroatoms. The van der Waals surface area contributed by atoms with Gasteiger partial charge in [0.05, 0.1) is 6.04 Å². The summed E-state index contributed by atoms with van der Waals surface area (Å²) in [6.45, 7) is 4.89. The molecule has 0 aromatic carbocycles. The zero-order chi connectivity index (χ0) is 14.1. The molecule has 19 heavy (non-hydrogen) atoms. The van der Waals surface area contributed by atoms with E-state index in [0.717, 1.165) is 37.4 Å². The maximum Gasteiger partial charge on any atom is 0.164 e. The van der Waals surface area contributed by atoms with E-state index in [1.807, 2.05) is 13.0 Å². The van der Waals surface area contributed by atoms with Crippen molar-refractivity contribution >= 4 is 12.0 Å². The number of Topliss-reactive ketones (excluding diaryl/α,β-unsaturated/α-hetero) is 1. The lowest BCUT2D eigenvalue weighted by atomic mass is 10.1. The Morgan fingerprint density at radius 3 is 2.74 bits per heavy atom. The Morgan fingerprint density at radius 1 is 1.37 bits per heavy atom. The molecule has 0 saturated heterocycles. The summed E-state index contributed by atoms with van der Waals surface area (Å²) in [7, 11) is 1.71. The van der Waals surface area contributed by atoms with E-state index < -0.39 is 0 Å². The van der Waals surface area contributed by atoms with Crippen LogP contribution in [0.4, 0.5) is 0 Å². The molecule has 0 spiro atoms. The Hall–Kier alpha value is -0.960. The van der Waals surface area contributed by atoms with Crippen LogP contribution in [0.2, 0.25) is 0 Å². The van der Waals surface area contributed by atoms with Gasteiger partial charge in [-0.3, -0.25) is 9.79 Å². The molecule has 0 heterocycles. The average Bonchev–Trinajstić information content (AvgIpc) is 3.18. The van der Waals surface area contributed by atoms with Gasteiger partial charge in [-0.1, -0.05) is 25.8 Å². The molecule has 0 amide bonds. The van der Waals surface area contributed by atoms with Crippen LogP contribution in [0.25, 0.3) is 0 Å². The zero-order valence-electron chi connectivity index (χ0n) is 12.5. The van der Waals surface area contributed by atoms with Gasteiger partial charge in [-0.05, 0) is 32.1 Å². The summed E-state index contributed by atoms with van der Waals surface area (Å²) < 4.78 is 4.99. The Bertz CT molecular complexity index is 334. The van der Waals surface area contributed by atoms with E-state index >= 15 is 0 Å². The average molecular weight is 265 g/mol. The highest BCUT2D eigenvalue weighted by Gasteiger charge is 2.34. The van der Waals surface area contributed by atoms with E-state index in [4.69, 9.17) is 4.74 Å². The molecule has 0 radical (unpaired) electrons. The molecule has 0 bridgehead atoms. The monoisotopic (exact) mass is 265 g/mol. The molecule has 1 saturated carbocycles. The SMILES string of the molecule is C/C=C(\C=NC1CC1CC)C(=O)CCCCCOC. The fraction of sp³-hybridized carbons (Fsp3) is 0.750. The van der Waals surface area contributed by atoms with Gasteiger partial charge in [0.1, 0.15) is 0 Å². The number of carbonyl (C=O) groups is 1. The van der Waals surface area contributed by atoms with Crippen molar-refractivity contribution < 1.29 is 9.53 Å². The van der Waals surface area contributed by atoms with E-state index in [0.29, 0.717) is 12.5 Å². The first kappa shape index (κ1) is 16.1. The minimum atomic E-state index is 0.220. The van der Waals surface area contributed by atoms with E-state index in [9.17, 15) is 4.79 Å². The molecule has 1 fully saturated rings. The van der Waals surface area contributed by atoms with E-state index in [1.165, 1.54) is 12.8 Å². The van der Waals surface area contributed by atoms with Crippen LogP contribution in [0, 0.1) is 5.92 Å². The highest BCUT2D eigenvalue weighted by Crippen LogP contribution is 2.36. The predicted molar refractivity (Wildman–Crippen MR) is 79.8 cm³/mol. The third-order valence-electron chi connectivity index (χ3n) is 3.70. The molecule has 2 atom stereocenters. The maximum absolute atomic E-state index is 12.0. The second kappa shape index (κ2) is 9.03. The lowest BCUT2D eigenvalue weighted by molar-refractivity contribution is -0.115. The molecule has 1 aliphatic rings. The van der Waals surface area contributed by atoms with Crippen molar-refractivity contribution in [1.29, 1.82) is 0 Å². The molecule has 0 N–H and O–H groups in total. The first-order chi connectivity index (χ1) is 9.22. The van der Waals surface area contributed by atoms with Gasteiger partial charge in [-0.15, -0.1) is 0 Å². The second-order valence-corrected chi connectivity index (χ2v) is 5.22. The van der Waals surface area contributed by atoms with E-state index in [1.54, 1.807) is 13.3 Å². The van der Waals surface area contributed by atoms with Crippen molar-refractivity contribution in [3.8, 4) is 0 Å². The summed E-state index contributed by atoms with van der Waals surface area (Å²) >= 11 is 0. The lowest BCUT2D eigenvalue weighted by Gasteiger charge is -2.02. The molecule has 1 rings (SSSR count). The van der Waals surface area contributed by atoms with Gasteiger partial charge >= 0.3 is 0 Å². The molecular weight excluding hydrogens is 238 g/mol. The Morgan fingerprint density at radius 2 is 2.16 bits per heavy atom. The van der Waals surface area contributed by atoms with Crippen LogP contribution in [0.3, 0.4) is 0 Å². The predicted octanol–water partition coefficient (Wildman–Crippen LogP) is 3.58. The molecule has 0 aliphatic heterocycles. The fourth-order valence-electron chi connectivity index (χ4n) is 2.19. The molecule has 0 aromatic rings. The van der Waals surface area contributed by atoms with Gasteiger partial charge in [0.15, 0.2) is 5.78 Å². The summed E-state index contributed by atoms with van der Waals surface area (Å²) in [6, 6.07) is 0.467. The van der Waals surface area contributed by atoms with Crippen LogP contribution >= 0.6 is 0 Å². The summed E-state index contributed by atoms with van der Waals surface area (Å²) in [6.07, 6.45) is 9.70. The highest BCUT2D eigenvalue weighted by molar-refractivity contribution is 6.13. The van der Waals surface area contributed by atoms with Crippen LogP contribution in [0.5, 0.6) is 0 Å². The summed E-state index contributed by atoms with van der Waals surface area (Å²) in [5.41, 5.74) is 0.772. The number of methoxy groups -OCH3 is 1. The number of rotatable bonds is 10. The number of nitrogens with zero attached hydrogens (tertiary/aromatic N) is 1. The number of ether oxygens (including phenoxy) is 1. The summed E-state index contributed by atoms with van der Waals surface area (Å²) in [5.74, 6) is 0.968. The smallest absolute Gasteiger partial charge is 0.164 e. The molecule has 0 aromatic heterocycles. The first-order valence-electron chi connectivity index (χ1n) is 7.44. The van der Waals surface area contributed by atoms with E-state index in [-0.39, 0.29) is 5.78 Å². The minimum absolute atomic E-state index is 0.220. The summed E-state index contributed by atoms with van der Waals surface area (Å²) in [4.78, 5) is 16.5. The zero-order valence-corrected chi connectivity index (χ0v) is 12.5. The van der Waals surface area contributed by atoms with Gasteiger partial charge in [0, 0.05) is 31.9 Å². The number of aliphatic imine (C=N–C) groups is 1. The Labute approximate surface area is 117 Å². The van der Waals surface area contributed by atoms with Crippen LogP contribution in [-0.2, 0) is 9.53 Å². The van der Waals surface area contributed by atoms with E-state index in [2.05, 4.69) is 11.9 Å². The Balaban J connectivity index is 2.24. The van der Waals surface area contributed by atoms with Crippen LogP contribution in [0.15, 0.2) is 16.6 Å². The van der Waals surface area contributed by atoms with Crippen molar-refractivity contribution in [3.05, 3.63) is 11.6 Å². The van der Waals surface area contributed by atoms with Gasteiger partial charge < -0.3 is 4.74 Å². The molecular formula is C16H27NO2. The molecule has 108 valence electrons.